The van der Waals surface area contributed by atoms with Crippen molar-refractivity contribution >= 4 is 58.1 Å². The van der Waals surface area contributed by atoms with Crippen molar-refractivity contribution in [1.82, 2.24) is 16.0 Å². The van der Waals surface area contributed by atoms with Crippen LogP contribution < -0.4 is 26.2 Å². The first-order valence-electron chi connectivity index (χ1n) is 9.68. The average molecular weight is 480 g/mol. The molecule has 32 heavy (non-hydrogen) atoms. The minimum atomic E-state index is -1.03. The van der Waals surface area contributed by atoms with Gasteiger partial charge in [0.1, 0.15) is 12.6 Å². The first-order chi connectivity index (χ1) is 15.4. The SMILES string of the molecule is CNC(=O)N[C@H](CNC(=O)c1ccc(Cl)s1)C(=O)Nc1ccc(N2CCOCC2=O)cc1. The first kappa shape index (κ1) is 23.5. The van der Waals surface area contributed by atoms with Gasteiger partial charge in [0, 0.05) is 31.5 Å². The van der Waals surface area contributed by atoms with E-state index in [0.29, 0.717) is 33.7 Å². The van der Waals surface area contributed by atoms with E-state index >= 15 is 0 Å². The molecule has 1 aromatic heterocycles. The van der Waals surface area contributed by atoms with Crippen LogP contribution in [0.3, 0.4) is 0 Å². The summed E-state index contributed by atoms with van der Waals surface area (Å²) in [6, 6.07) is 8.30. The Kier molecular flexibility index (Phi) is 8.03. The van der Waals surface area contributed by atoms with Gasteiger partial charge in [-0.25, -0.2) is 4.79 Å². The summed E-state index contributed by atoms with van der Waals surface area (Å²) in [5.41, 5.74) is 1.16. The van der Waals surface area contributed by atoms with E-state index in [9.17, 15) is 19.2 Å². The number of ether oxygens (including phenoxy) is 1. The van der Waals surface area contributed by atoms with Crippen LogP contribution in [0.15, 0.2) is 36.4 Å². The van der Waals surface area contributed by atoms with Crippen LogP contribution in [0.5, 0.6) is 0 Å². The molecule has 1 aliphatic rings. The lowest BCUT2D eigenvalue weighted by Crippen LogP contribution is -2.52. The second kappa shape index (κ2) is 10.9. The fourth-order valence-electron chi connectivity index (χ4n) is 2.90. The van der Waals surface area contributed by atoms with Crippen LogP contribution in [-0.4, -0.2) is 63.1 Å². The van der Waals surface area contributed by atoms with Crippen LogP contribution >= 0.6 is 22.9 Å². The molecule has 0 radical (unpaired) electrons. The predicted molar refractivity (Wildman–Crippen MR) is 121 cm³/mol. The maximum atomic E-state index is 12.8. The summed E-state index contributed by atoms with van der Waals surface area (Å²) in [7, 11) is 1.42. The molecule has 1 fully saturated rings. The highest BCUT2D eigenvalue weighted by atomic mass is 35.5. The number of urea groups is 1. The minimum absolute atomic E-state index is 0.0364. The zero-order valence-corrected chi connectivity index (χ0v) is 18.7. The number of nitrogens with one attached hydrogen (secondary N) is 4. The molecule has 1 atom stereocenters. The van der Waals surface area contributed by atoms with Crippen molar-refractivity contribution in [2.75, 3.05) is 43.6 Å². The topological polar surface area (TPSA) is 129 Å². The molecular weight excluding hydrogens is 458 g/mol. The van der Waals surface area contributed by atoms with Crippen molar-refractivity contribution in [2.24, 2.45) is 0 Å². The van der Waals surface area contributed by atoms with Crippen molar-refractivity contribution in [1.29, 1.82) is 0 Å². The molecule has 0 unspecified atom stereocenters. The van der Waals surface area contributed by atoms with E-state index in [1.165, 1.54) is 7.05 Å². The molecule has 10 nitrogen and oxygen atoms in total. The number of hydrogen-bond acceptors (Lipinski definition) is 6. The predicted octanol–water partition coefficient (Wildman–Crippen LogP) is 1.43. The lowest BCUT2D eigenvalue weighted by molar-refractivity contribution is -0.125. The van der Waals surface area contributed by atoms with Crippen molar-refractivity contribution in [3.05, 3.63) is 45.6 Å². The summed E-state index contributed by atoms with van der Waals surface area (Å²) in [5.74, 6) is -1.06. The van der Waals surface area contributed by atoms with Crippen molar-refractivity contribution in [2.45, 2.75) is 6.04 Å². The van der Waals surface area contributed by atoms with E-state index in [1.807, 2.05) is 0 Å². The summed E-state index contributed by atoms with van der Waals surface area (Å²) in [6.45, 7) is 0.820. The van der Waals surface area contributed by atoms with Gasteiger partial charge in [0.2, 0.25) is 5.91 Å². The van der Waals surface area contributed by atoms with E-state index in [4.69, 9.17) is 16.3 Å². The Hall–Kier alpha value is -3.15. The summed E-state index contributed by atoms with van der Waals surface area (Å²) >= 11 is 6.95. The van der Waals surface area contributed by atoms with Crippen LogP contribution in [0, 0.1) is 0 Å². The molecule has 0 aliphatic carbocycles. The van der Waals surface area contributed by atoms with E-state index in [1.54, 1.807) is 41.3 Å². The number of halogens is 1. The van der Waals surface area contributed by atoms with Crippen molar-refractivity contribution < 1.29 is 23.9 Å². The van der Waals surface area contributed by atoms with Gasteiger partial charge in [-0.15, -0.1) is 11.3 Å². The molecule has 1 aromatic carbocycles. The molecule has 12 heteroatoms. The second-order valence-corrected chi connectivity index (χ2v) is 8.44. The number of carbonyl (C=O) groups excluding carboxylic acids is 4. The molecule has 0 bridgehead atoms. The quantitative estimate of drug-likeness (QED) is 0.477. The highest BCUT2D eigenvalue weighted by molar-refractivity contribution is 7.18. The summed E-state index contributed by atoms with van der Waals surface area (Å²) in [4.78, 5) is 50.7. The first-order valence-corrected chi connectivity index (χ1v) is 10.9. The molecule has 1 aliphatic heterocycles. The average Bonchev–Trinajstić information content (AvgIpc) is 3.23. The monoisotopic (exact) mass is 479 g/mol. The molecular formula is C20H22ClN5O5S. The fraction of sp³-hybridized carbons (Fsp3) is 0.300. The van der Waals surface area contributed by atoms with Crippen molar-refractivity contribution in [3.63, 3.8) is 0 Å². The maximum absolute atomic E-state index is 12.8. The maximum Gasteiger partial charge on any atom is 0.315 e. The molecule has 2 aromatic rings. The molecule has 0 spiro atoms. The fourth-order valence-corrected chi connectivity index (χ4v) is 3.86. The third-order valence-corrected chi connectivity index (χ3v) is 5.77. The third-order valence-electron chi connectivity index (χ3n) is 4.54. The van der Waals surface area contributed by atoms with E-state index in [0.717, 1.165) is 11.3 Å². The number of hydrogen-bond donors (Lipinski definition) is 4. The summed E-state index contributed by atoms with van der Waals surface area (Å²) in [5, 5.41) is 10.2. The largest absolute Gasteiger partial charge is 0.370 e. The van der Waals surface area contributed by atoms with Gasteiger partial charge >= 0.3 is 6.03 Å². The minimum Gasteiger partial charge on any atom is -0.370 e. The van der Waals surface area contributed by atoms with Crippen LogP contribution in [0.2, 0.25) is 4.34 Å². The highest BCUT2D eigenvalue weighted by Gasteiger charge is 2.23. The molecule has 170 valence electrons. The van der Waals surface area contributed by atoms with Crippen LogP contribution in [0.1, 0.15) is 9.67 Å². The summed E-state index contributed by atoms with van der Waals surface area (Å²) in [6.07, 6.45) is 0. The molecule has 1 saturated heterocycles. The Morgan fingerprint density at radius 2 is 1.94 bits per heavy atom. The van der Waals surface area contributed by atoms with Crippen molar-refractivity contribution in [3.8, 4) is 0 Å². The number of rotatable bonds is 7. The van der Waals surface area contributed by atoms with Gasteiger partial charge in [0.15, 0.2) is 0 Å². The van der Waals surface area contributed by atoms with E-state index in [2.05, 4.69) is 21.3 Å². The molecule has 5 amide bonds. The van der Waals surface area contributed by atoms with Gasteiger partial charge in [0.25, 0.3) is 11.8 Å². The number of morpholine rings is 1. The van der Waals surface area contributed by atoms with E-state index in [-0.39, 0.29) is 19.1 Å². The lowest BCUT2D eigenvalue weighted by Gasteiger charge is -2.27. The van der Waals surface area contributed by atoms with E-state index < -0.39 is 23.9 Å². The van der Waals surface area contributed by atoms with Gasteiger partial charge in [-0.05, 0) is 36.4 Å². The zero-order chi connectivity index (χ0) is 23.1. The highest BCUT2D eigenvalue weighted by Crippen LogP contribution is 2.21. The second-order valence-electron chi connectivity index (χ2n) is 6.72. The Morgan fingerprint density at radius 3 is 2.56 bits per heavy atom. The van der Waals surface area contributed by atoms with Crippen LogP contribution in [0.25, 0.3) is 0 Å². The van der Waals surface area contributed by atoms with Gasteiger partial charge in [-0.3, -0.25) is 14.4 Å². The van der Waals surface area contributed by atoms with Gasteiger partial charge in [-0.1, -0.05) is 11.6 Å². The molecule has 0 saturated carbocycles. The Labute approximate surface area is 193 Å². The Bertz CT molecular complexity index is 997. The van der Waals surface area contributed by atoms with Gasteiger partial charge < -0.3 is 30.9 Å². The molecule has 2 heterocycles. The number of amides is 5. The zero-order valence-electron chi connectivity index (χ0n) is 17.1. The number of anilines is 2. The molecule has 3 rings (SSSR count). The number of nitrogens with zero attached hydrogens (tertiary/aromatic N) is 1. The number of benzene rings is 1. The third kappa shape index (κ3) is 6.19. The smallest absolute Gasteiger partial charge is 0.315 e. The standard InChI is InChI=1S/C20H22ClN5O5S/c1-22-20(30)25-14(10-23-19(29)15-6-7-16(21)32-15)18(28)24-12-2-4-13(5-3-12)26-8-9-31-11-17(26)27/h2-7,14H,8-11H2,1H3,(H,23,29)(H,24,28)(H2,22,25,30)/t14-/m1/s1. The van der Waals surface area contributed by atoms with Gasteiger partial charge in [0.05, 0.1) is 15.8 Å². The Balaban J connectivity index is 1.63. The number of thiophene rings is 1. The van der Waals surface area contributed by atoms with Gasteiger partial charge in [-0.2, -0.15) is 0 Å². The van der Waals surface area contributed by atoms with Crippen LogP contribution in [-0.2, 0) is 14.3 Å². The lowest BCUT2D eigenvalue weighted by atomic mass is 10.2. The van der Waals surface area contributed by atoms with Crippen LogP contribution in [0.4, 0.5) is 16.2 Å². The normalized spacial score (nSPS) is 14.4. The molecule has 4 N–H and O–H groups in total. The summed E-state index contributed by atoms with van der Waals surface area (Å²) < 4.78 is 5.59. The Morgan fingerprint density at radius 1 is 1.19 bits per heavy atom. The number of carbonyl (C=O) groups is 4.